The molecule has 0 bridgehead atoms. The average molecular weight is 599 g/mol. The molecule has 0 radical (unpaired) electrons. The summed E-state index contributed by atoms with van der Waals surface area (Å²) in [6.07, 6.45) is -0.236. The van der Waals surface area contributed by atoms with Gasteiger partial charge in [0.2, 0.25) is 0 Å². The fourth-order valence-electron chi connectivity index (χ4n) is 3.21. The lowest BCUT2D eigenvalue weighted by atomic mass is 10.2. The third-order valence-electron chi connectivity index (χ3n) is 4.90. The molecule has 14 nitrogen and oxygen atoms in total. The molecule has 0 unspecified atom stereocenters. The van der Waals surface area contributed by atoms with Gasteiger partial charge in [0.05, 0.1) is 104 Å². The zero-order valence-corrected chi connectivity index (χ0v) is 24.3. The van der Waals surface area contributed by atoms with Crippen molar-refractivity contribution in [1.82, 2.24) is 0 Å². The van der Waals surface area contributed by atoms with Crippen LogP contribution in [0.1, 0.15) is 13.8 Å². The summed E-state index contributed by atoms with van der Waals surface area (Å²) < 4.78 is 72.4. The molecule has 1 rings (SSSR count). The van der Waals surface area contributed by atoms with E-state index >= 15 is 0 Å². The van der Waals surface area contributed by atoms with E-state index in [4.69, 9.17) is 43.4 Å². The van der Waals surface area contributed by atoms with Crippen molar-refractivity contribution in [3.05, 3.63) is 18.2 Å². The number of benzene rings is 1. The van der Waals surface area contributed by atoms with Crippen LogP contribution in [0.15, 0.2) is 18.2 Å². The van der Waals surface area contributed by atoms with E-state index in [1.54, 1.807) is 12.1 Å². The van der Waals surface area contributed by atoms with Gasteiger partial charge in [-0.2, -0.15) is 8.42 Å². The van der Waals surface area contributed by atoms with Crippen LogP contribution >= 0.6 is 0 Å². The van der Waals surface area contributed by atoms with Gasteiger partial charge in [0, 0.05) is 24.8 Å². The van der Waals surface area contributed by atoms with Gasteiger partial charge in [-0.1, -0.05) is 0 Å². The molecule has 0 saturated carbocycles. The Bertz CT molecular complexity index is 836. The van der Waals surface area contributed by atoms with Crippen molar-refractivity contribution in [3.63, 3.8) is 0 Å². The van der Waals surface area contributed by atoms with Crippen LogP contribution in [-0.2, 0) is 38.7 Å². The number of aliphatic hydroxyl groups is 2. The Balaban J connectivity index is 2.65. The van der Waals surface area contributed by atoms with Crippen molar-refractivity contribution in [1.29, 1.82) is 0 Å². The van der Waals surface area contributed by atoms with E-state index in [1.165, 1.54) is 6.07 Å². The predicted molar refractivity (Wildman–Crippen MR) is 149 cm³/mol. The van der Waals surface area contributed by atoms with Crippen LogP contribution in [0.25, 0.3) is 0 Å². The van der Waals surface area contributed by atoms with Crippen molar-refractivity contribution in [3.8, 4) is 5.75 Å². The molecular formula is C25H46N2O12S. The van der Waals surface area contributed by atoms with Crippen LogP contribution in [0.5, 0.6) is 5.75 Å². The summed E-state index contributed by atoms with van der Waals surface area (Å²) in [5.74, 6) is 0.269. The van der Waals surface area contributed by atoms with E-state index in [0.717, 1.165) is 5.69 Å². The first kappa shape index (κ1) is 36.2. The number of aliphatic hydroxyl groups excluding tert-OH is 2. The molecule has 1 aromatic rings. The van der Waals surface area contributed by atoms with Crippen molar-refractivity contribution in [2.45, 2.75) is 20.0 Å². The highest BCUT2D eigenvalue weighted by Crippen LogP contribution is 2.31. The lowest BCUT2D eigenvalue weighted by Crippen LogP contribution is -2.31. The number of hydrogen-bond acceptors (Lipinski definition) is 12. The second-order valence-corrected chi connectivity index (χ2v) is 9.69. The molecule has 1 aromatic carbocycles. The molecule has 0 spiro atoms. The Morgan fingerprint density at radius 3 is 1.55 bits per heavy atom. The molecular weight excluding hydrogens is 552 g/mol. The highest BCUT2D eigenvalue weighted by atomic mass is 32.2. The maximum Gasteiger partial charge on any atom is 0.357 e. The summed E-state index contributed by atoms with van der Waals surface area (Å²) in [6.45, 7) is 9.16. The fourth-order valence-corrected chi connectivity index (χ4v) is 3.66. The summed E-state index contributed by atoms with van der Waals surface area (Å²) >= 11 is 0. The van der Waals surface area contributed by atoms with Gasteiger partial charge in [0.15, 0.2) is 0 Å². The highest BCUT2D eigenvalue weighted by molar-refractivity contribution is 7.87. The molecule has 4 N–H and O–H groups in total. The minimum absolute atomic E-state index is 0.0230. The molecule has 0 aliphatic rings. The topological polar surface area (TPSA) is 175 Å². The van der Waals surface area contributed by atoms with Crippen molar-refractivity contribution >= 4 is 21.7 Å². The van der Waals surface area contributed by atoms with Gasteiger partial charge in [-0.25, -0.2) is 0 Å². The lowest BCUT2D eigenvalue weighted by Gasteiger charge is -2.26. The Morgan fingerprint density at radius 1 is 0.725 bits per heavy atom. The van der Waals surface area contributed by atoms with Crippen molar-refractivity contribution in [2.24, 2.45) is 0 Å². The van der Waals surface area contributed by atoms with Gasteiger partial charge < -0.3 is 48.3 Å². The molecule has 40 heavy (non-hydrogen) atoms. The van der Waals surface area contributed by atoms with Crippen LogP contribution < -0.4 is 14.4 Å². The molecule has 234 valence electrons. The molecule has 0 aliphatic heterocycles. The van der Waals surface area contributed by atoms with E-state index in [2.05, 4.69) is 4.72 Å². The van der Waals surface area contributed by atoms with Crippen LogP contribution in [0.2, 0.25) is 0 Å². The minimum atomic E-state index is -4.48. The van der Waals surface area contributed by atoms with E-state index in [1.807, 2.05) is 18.7 Å². The monoisotopic (exact) mass is 598 g/mol. The number of hydrogen-bond donors (Lipinski definition) is 4. The van der Waals surface area contributed by atoms with E-state index < -0.39 is 10.3 Å². The van der Waals surface area contributed by atoms with Crippen molar-refractivity contribution < 1.29 is 56.3 Å². The fraction of sp³-hybridized carbons (Fsp3) is 0.760. The third kappa shape index (κ3) is 19.3. The SMILES string of the molecule is CC(C)Oc1cc(N(CCOCCOCCOCCO)CCOCCOCCOCCO)ccc1NS(=O)(=O)O. The molecule has 0 fully saturated rings. The first-order chi connectivity index (χ1) is 19.3. The van der Waals surface area contributed by atoms with Gasteiger partial charge in [-0.15, -0.1) is 0 Å². The van der Waals surface area contributed by atoms with E-state index in [9.17, 15) is 13.0 Å². The number of anilines is 2. The quantitative estimate of drug-likeness (QED) is 0.0818. The van der Waals surface area contributed by atoms with Gasteiger partial charge in [0.25, 0.3) is 0 Å². The van der Waals surface area contributed by atoms with Gasteiger partial charge >= 0.3 is 10.3 Å². The molecule has 0 atom stereocenters. The third-order valence-corrected chi connectivity index (χ3v) is 5.38. The van der Waals surface area contributed by atoms with Crippen LogP contribution in [0.4, 0.5) is 11.4 Å². The maximum atomic E-state index is 11.4. The Kier molecular flexibility index (Phi) is 20.7. The summed E-state index contributed by atoms with van der Waals surface area (Å²) in [7, 11) is -4.48. The van der Waals surface area contributed by atoms with Crippen LogP contribution in [-0.4, -0.2) is 135 Å². The maximum absolute atomic E-state index is 11.4. The number of nitrogens with one attached hydrogen (secondary N) is 1. The summed E-state index contributed by atoms with van der Waals surface area (Å²) in [6, 6.07) is 4.93. The standard InChI is InChI=1S/C25H46N2O12S/c1-22(2)39-25-21-23(3-4-24(25)26-40(30,31)32)27(5-9-33-13-17-37-19-15-35-11-7-28)6-10-34-14-18-38-20-16-36-12-8-29/h3-4,21-22,26,28-29H,5-20H2,1-2H3,(H,30,31,32). The van der Waals surface area contributed by atoms with Gasteiger partial charge in [0.1, 0.15) is 5.75 Å². The molecule has 0 aromatic heterocycles. The number of rotatable bonds is 27. The normalized spacial score (nSPS) is 11.8. The van der Waals surface area contributed by atoms with Gasteiger partial charge in [-0.05, 0) is 26.0 Å². The zero-order valence-electron chi connectivity index (χ0n) is 23.5. The Hall–Kier alpha value is -1.79. The molecule has 0 amide bonds. The van der Waals surface area contributed by atoms with E-state index in [-0.39, 0.29) is 44.0 Å². The second kappa shape index (κ2) is 22.8. The second-order valence-electron chi connectivity index (χ2n) is 8.53. The average Bonchev–Trinajstić information content (AvgIpc) is 2.89. The van der Waals surface area contributed by atoms with Crippen LogP contribution in [0.3, 0.4) is 0 Å². The summed E-state index contributed by atoms with van der Waals surface area (Å²) in [4.78, 5) is 2.01. The Morgan fingerprint density at radius 2 is 1.15 bits per heavy atom. The molecule has 0 saturated heterocycles. The first-order valence-corrected chi connectivity index (χ1v) is 14.7. The summed E-state index contributed by atoms with van der Waals surface area (Å²) in [5, 5.41) is 17.4. The Labute approximate surface area is 237 Å². The summed E-state index contributed by atoms with van der Waals surface area (Å²) in [5.41, 5.74) is 0.867. The van der Waals surface area contributed by atoms with Crippen molar-refractivity contribution in [2.75, 3.05) is 115 Å². The zero-order chi connectivity index (χ0) is 29.5. The van der Waals surface area contributed by atoms with E-state index in [0.29, 0.717) is 79.2 Å². The smallest absolute Gasteiger partial charge is 0.357 e. The van der Waals surface area contributed by atoms with Crippen LogP contribution in [0, 0.1) is 0 Å². The lowest BCUT2D eigenvalue weighted by molar-refractivity contribution is 0.00694. The largest absolute Gasteiger partial charge is 0.489 e. The highest BCUT2D eigenvalue weighted by Gasteiger charge is 2.15. The predicted octanol–water partition coefficient (Wildman–Crippen LogP) is 0.579. The molecule has 0 aliphatic carbocycles. The first-order valence-electron chi connectivity index (χ1n) is 13.3. The van der Waals surface area contributed by atoms with Gasteiger partial charge in [-0.3, -0.25) is 9.27 Å². The minimum Gasteiger partial charge on any atom is -0.489 e. The number of nitrogens with zero attached hydrogens (tertiary/aromatic N) is 1. The molecule has 15 heteroatoms. The molecule has 0 heterocycles. The number of ether oxygens (including phenoxy) is 7.